The summed E-state index contributed by atoms with van der Waals surface area (Å²) < 4.78 is 1.14. The van der Waals surface area contributed by atoms with Crippen LogP contribution >= 0.6 is 11.3 Å². The molecule has 0 spiro atoms. The summed E-state index contributed by atoms with van der Waals surface area (Å²) in [5, 5.41) is 6.05. The summed E-state index contributed by atoms with van der Waals surface area (Å²) >= 11 is 1.61. The first-order valence-corrected chi connectivity index (χ1v) is 7.94. The molecule has 0 aliphatic carbocycles. The number of carbonyl (C=O) groups is 1. The maximum atomic E-state index is 12.6. The van der Waals surface area contributed by atoms with E-state index in [4.69, 9.17) is 0 Å². The second kappa shape index (κ2) is 5.70. The minimum absolute atomic E-state index is 0.0311. The summed E-state index contributed by atoms with van der Waals surface area (Å²) in [5.74, 6) is -0.0311. The van der Waals surface area contributed by atoms with E-state index in [0.717, 1.165) is 33.3 Å². The van der Waals surface area contributed by atoms with Crippen molar-refractivity contribution in [3.05, 3.63) is 64.5 Å². The standard InChI is InChI=1S/C18H17NOS/c1-3-13-8-6-7-12(2)17(13)19-18(20)15-11-21-16-10-5-4-9-14(15)16/h4-11H,3H2,1-2H3,(H,19,20). The van der Waals surface area contributed by atoms with Gasteiger partial charge in [0.05, 0.1) is 5.56 Å². The molecule has 3 heteroatoms. The Kier molecular flexibility index (Phi) is 3.76. The molecule has 0 aliphatic heterocycles. The Morgan fingerprint density at radius 1 is 1.14 bits per heavy atom. The lowest BCUT2D eigenvalue weighted by molar-refractivity contribution is 0.102. The average Bonchev–Trinajstić information content (AvgIpc) is 2.93. The highest BCUT2D eigenvalue weighted by Gasteiger charge is 2.14. The van der Waals surface area contributed by atoms with Crippen molar-refractivity contribution in [1.82, 2.24) is 0 Å². The molecule has 0 fully saturated rings. The van der Waals surface area contributed by atoms with Crippen LogP contribution in [-0.2, 0) is 6.42 Å². The van der Waals surface area contributed by atoms with Crippen molar-refractivity contribution in [3.63, 3.8) is 0 Å². The zero-order valence-electron chi connectivity index (χ0n) is 12.1. The van der Waals surface area contributed by atoms with E-state index in [1.54, 1.807) is 11.3 Å². The van der Waals surface area contributed by atoms with Crippen LogP contribution in [0.1, 0.15) is 28.4 Å². The van der Waals surface area contributed by atoms with Crippen LogP contribution in [0.25, 0.3) is 10.1 Å². The SMILES string of the molecule is CCc1cccc(C)c1NC(=O)c1csc2ccccc12. The Hall–Kier alpha value is -2.13. The van der Waals surface area contributed by atoms with Gasteiger partial charge in [-0.2, -0.15) is 0 Å². The lowest BCUT2D eigenvalue weighted by atomic mass is 10.1. The number of rotatable bonds is 3. The number of nitrogens with one attached hydrogen (secondary N) is 1. The van der Waals surface area contributed by atoms with Gasteiger partial charge in [-0.3, -0.25) is 4.79 Å². The van der Waals surface area contributed by atoms with E-state index in [0.29, 0.717) is 0 Å². The highest BCUT2D eigenvalue weighted by molar-refractivity contribution is 7.17. The van der Waals surface area contributed by atoms with Gasteiger partial charge in [0, 0.05) is 21.2 Å². The highest BCUT2D eigenvalue weighted by Crippen LogP contribution is 2.28. The zero-order chi connectivity index (χ0) is 14.8. The van der Waals surface area contributed by atoms with Gasteiger partial charge in [-0.1, -0.05) is 43.3 Å². The van der Waals surface area contributed by atoms with Crippen LogP contribution in [-0.4, -0.2) is 5.91 Å². The van der Waals surface area contributed by atoms with Crippen LogP contribution in [0.4, 0.5) is 5.69 Å². The van der Waals surface area contributed by atoms with E-state index >= 15 is 0 Å². The summed E-state index contributed by atoms with van der Waals surface area (Å²) in [6, 6.07) is 14.1. The third-order valence-electron chi connectivity index (χ3n) is 3.70. The molecule has 106 valence electrons. The number of fused-ring (bicyclic) bond motifs is 1. The van der Waals surface area contributed by atoms with E-state index in [-0.39, 0.29) is 5.91 Å². The van der Waals surface area contributed by atoms with E-state index in [1.807, 2.05) is 48.7 Å². The first-order chi connectivity index (χ1) is 10.2. The van der Waals surface area contributed by atoms with Crippen molar-refractivity contribution < 1.29 is 4.79 Å². The van der Waals surface area contributed by atoms with Crippen LogP contribution in [0, 0.1) is 6.92 Å². The molecule has 1 amide bonds. The summed E-state index contributed by atoms with van der Waals surface area (Å²) in [7, 11) is 0. The van der Waals surface area contributed by atoms with Crippen LogP contribution < -0.4 is 5.32 Å². The number of anilines is 1. The minimum atomic E-state index is -0.0311. The molecule has 1 N–H and O–H groups in total. The lowest BCUT2D eigenvalue weighted by Gasteiger charge is -2.12. The van der Waals surface area contributed by atoms with Gasteiger partial charge >= 0.3 is 0 Å². The first-order valence-electron chi connectivity index (χ1n) is 7.06. The molecule has 0 bridgehead atoms. The van der Waals surface area contributed by atoms with Gasteiger partial charge in [-0.15, -0.1) is 11.3 Å². The molecule has 3 aromatic rings. The van der Waals surface area contributed by atoms with Crippen molar-refractivity contribution in [2.24, 2.45) is 0 Å². The molecule has 2 aromatic carbocycles. The summed E-state index contributed by atoms with van der Waals surface area (Å²) in [6.07, 6.45) is 0.904. The predicted octanol–water partition coefficient (Wildman–Crippen LogP) is 5.02. The number of para-hydroxylation sites is 1. The fourth-order valence-corrected chi connectivity index (χ4v) is 3.48. The van der Waals surface area contributed by atoms with E-state index in [2.05, 4.69) is 18.3 Å². The number of aryl methyl sites for hydroxylation is 2. The number of thiophene rings is 1. The van der Waals surface area contributed by atoms with Crippen molar-refractivity contribution in [3.8, 4) is 0 Å². The van der Waals surface area contributed by atoms with Gasteiger partial charge in [0.2, 0.25) is 0 Å². The molecule has 0 aliphatic rings. The molecule has 3 rings (SSSR count). The Morgan fingerprint density at radius 2 is 1.95 bits per heavy atom. The maximum absolute atomic E-state index is 12.6. The Bertz CT molecular complexity index is 804. The van der Waals surface area contributed by atoms with Crippen molar-refractivity contribution in [2.75, 3.05) is 5.32 Å². The van der Waals surface area contributed by atoms with Gasteiger partial charge in [0.25, 0.3) is 5.91 Å². The van der Waals surface area contributed by atoms with Crippen LogP contribution in [0.5, 0.6) is 0 Å². The fraction of sp³-hybridized carbons (Fsp3) is 0.167. The molecule has 0 saturated heterocycles. The molecule has 0 unspecified atom stereocenters. The summed E-state index contributed by atoms with van der Waals surface area (Å²) in [5.41, 5.74) is 3.96. The Labute approximate surface area is 128 Å². The smallest absolute Gasteiger partial charge is 0.257 e. The first kappa shape index (κ1) is 13.8. The molecule has 0 radical (unpaired) electrons. The van der Waals surface area contributed by atoms with Gasteiger partial charge in [-0.05, 0) is 30.5 Å². The topological polar surface area (TPSA) is 29.1 Å². The Morgan fingerprint density at radius 3 is 2.76 bits per heavy atom. The Balaban J connectivity index is 1.97. The maximum Gasteiger partial charge on any atom is 0.257 e. The van der Waals surface area contributed by atoms with Gasteiger partial charge in [-0.25, -0.2) is 0 Å². The number of hydrogen-bond donors (Lipinski definition) is 1. The van der Waals surface area contributed by atoms with Crippen LogP contribution in [0.2, 0.25) is 0 Å². The van der Waals surface area contributed by atoms with Crippen molar-refractivity contribution in [2.45, 2.75) is 20.3 Å². The van der Waals surface area contributed by atoms with Gasteiger partial charge in [0.1, 0.15) is 0 Å². The van der Waals surface area contributed by atoms with E-state index in [1.165, 1.54) is 5.56 Å². The molecule has 1 heterocycles. The van der Waals surface area contributed by atoms with Gasteiger partial charge < -0.3 is 5.32 Å². The second-order valence-electron chi connectivity index (χ2n) is 5.06. The van der Waals surface area contributed by atoms with Crippen LogP contribution in [0.15, 0.2) is 47.8 Å². The third-order valence-corrected chi connectivity index (χ3v) is 4.67. The minimum Gasteiger partial charge on any atom is -0.321 e. The number of amides is 1. The highest BCUT2D eigenvalue weighted by atomic mass is 32.1. The van der Waals surface area contributed by atoms with Crippen LogP contribution in [0.3, 0.4) is 0 Å². The number of hydrogen-bond acceptors (Lipinski definition) is 2. The largest absolute Gasteiger partial charge is 0.321 e. The summed E-state index contributed by atoms with van der Waals surface area (Å²) in [6.45, 7) is 4.13. The fourth-order valence-electron chi connectivity index (χ4n) is 2.54. The average molecular weight is 295 g/mol. The van der Waals surface area contributed by atoms with Crippen molar-refractivity contribution >= 4 is 33.0 Å². The molecular weight excluding hydrogens is 278 g/mol. The number of benzene rings is 2. The number of carbonyl (C=O) groups excluding carboxylic acids is 1. The molecule has 1 aromatic heterocycles. The monoisotopic (exact) mass is 295 g/mol. The molecule has 21 heavy (non-hydrogen) atoms. The molecule has 2 nitrogen and oxygen atoms in total. The predicted molar refractivity (Wildman–Crippen MR) is 90.3 cm³/mol. The van der Waals surface area contributed by atoms with E-state index in [9.17, 15) is 4.79 Å². The normalized spacial score (nSPS) is 10.8. The quantitative estimate of drug-likeness (QED) is 0.722. The van der Waals surface area contributed by atoms with Gasteiger partial charge in [0.15, 0.2) is 0 Å². The lowest BCUT2D eigenvalue weighted by Crippen LogP contribution is -2.13. The third kappa shape index (κ3) is 2.57. The molecule has 0 saturated carbocycles. The van der Waals surface area contributed by atoms with Crippen molar-refractivity contribution in [1.29, 1.82) is 0 Å². The molecular formula is C18H17NOS. The molecule has 0 atom stereocenters. The second-order valence-corrected chi connectivity index (χ2v) is 5.97. The summed E-state index contributed by atoms with van der Waals surface area (Å²) in [4.78, 5) is 12.6. The zero-order valence-corrected chi connectivity index (χ0v) is 13.0. The van der Waals surface area contributed by atoms with E-state index < -0.39 is 0 Å².